The fraction of sp³-hybridized carbons (Fsp3) is 0.400. The summed E-state index contributed by atoms with van der Waals surface area (Å²) in [6, 6.07) is 5.57. The molecule has 4 nitrogen and oxygen atoms in total. The van der Waals surface area contributed by atoms with Crippen molar-refractivity contribution in [3.63, 3.8) is 0 Å². The predicted octanol–water partition coefficient (Wildman–Crippen LogP) is 0.287. The molecule has 1 aliphatic rings. The van der Waals surface area contributed by atoms with E-state index in [0.29, 0.717) is 17.2 Å². The van der Waals surface area contributed by atoms with Gasteiger partial charge in [-0.25, -0.2) is 4.98 Å². The van der Waals surface area contributed by atoms with Crippen molar-refractivity contribution in [3.05, 3.63) is 23.9 Å². The average molecular weight is 223 g/mol. The number of anilines is 1. The molecule has 2 heterocycles. The number of aliphatic hydroxyl groups is 1. The number of aromatic nitrogens is 1. The molecule has 0 aliphatic carbocycles. The van der Waals surface area contributed by atoms with Crippen LogP contribution in [-0.4, -0.2) is 34.3 Å². The molecule has 1 saturated heterocycles. The molecule has 1 atom stereocenters. The van der Waals surface area contributed by atoms with Crippen molar-refractivity contribution in [1.82, 2.24) is 4.98 Å². The van der Waals surface area contributed by atoms with E-state index in [4.69, 9.17) is 18.0 Å². The fourth-order valence-electron chi connectivity index (χ4n) is 1.69. The Morgan fingerprint density at radius 3 is 3.00 bits per heavy atom. The number of pyridine rings is 1. The Labute approximate surface area is 93.7 Å². The van der Waals surface area contributed by atoms with Crippen LogP contribution in [0.1, 0.15) is 12.1 Å². The number of nitrogens with two attached hydrogens (primary N) is 1. The Balaban J connectivity index is 2.21. The van der Waals surface area contributed by atoms with Gasteiger partial charge in [-0.3, -0.25) is 0 Å². The molecule has 1 aromatic rings. The Morgan fingerprint density at radius 2 is 2.40 bits per heavy atom. The van der Waals surface area contributed by atoms with Crippen LogP contribution in [0.15, 0.2) is 18.2 Å². The van der Waals surface area contributed by atoms with Gasteiger partial charge < -0.3 is 15.7 Å². The molecular weight excluding hydrogens is 210 g/mol. The van der Waals surface area contributed by atoms with Crippen molar-refractivity contribution in [3.8, 4) is 0 Å². The van der Waals surface area contributed by atoms with Gasteiger partial charge in [0.1, 0.15) is 10.8 Å². The van der Waals surface area contributed by atoms with Crippen molar-refractivity contribution in [2.45, 2.75) is 12.5 Å². The SMILES string of the molecule is NC(=S)c1cccc(N2CCC(O)C2)n1. The maximum Gasteiger partial charge on any atom is 0.129 e. The molecular formula is C10H13N3OS. The second-order valence-electron chi connectivity index (χ2n) is 3.63. The highest BCUT2D eigenvalue weighted by Crippen LogP contribution is 2.18. The summed E-state index contributed by atoms with van der Waals surface area (Å²) in [5.74, 6) is 0.830. The standard InChI is InChI=1S/C10H13N3OS/c11-10(15)8-2-1-3-9(12-8)13-5-4-7(14)6-13/h1-3,7,14H,4-6H2,(H2,11,15). The average Bonchev–Trinajstić information content (AvgIpc) is 2.65. The number of nitrogens with zero attached hydrogens (tertiary/aromatic N) is 2. The Hall–Kier alpha value is -1.20. The maximum atomic E-state index is 9.42. The minimum absolute atomic E-state index is 0.250. The van der Waals surface area contributed by atoms with E-state index in [2.05, 4.69) is 4.98 Å². The van der Waals surface area contributed by atoms with E-state index in [1.807, 2.05) is 17.0 Å². The molecule has 2 rings (SSSR count). The van der Waals surface area contributed by atoms with E-state index in [9.17, 15) is 5.11 Å². The topological polar surface area (TPSA) is 62.4 Å². The highest BCUT2D eigenvalue weighted by atomic mass is 32.1. The molecule has 5 heteroatoms. The summed E-state index contributed by atoms with van der Waals surface area (Å²) in [6.07, 6.45) is 0.541. The van der Waals surface area contributed by atoms with E-state index in [-0.39, 0.29) is 6.10 Å². The van der Waals surface area contributed by atoms with Crippen LogP contribution < -0.4 is 10.6 Å². The first-order valence-electron chi connectivity index (χ1n) is 4.86. The minimum atomic E-state index is -0.250. The number of hydrogen-bond acceptors (Lipinski definition) is 4. The zero-order valence-corrected chi connectivity index (χ0v) is 9.07. The van der Waals surface area contributed by atoms with Gasteiger partial charge in [-0.15, -0.1) is 0 Å². The van der Waals surface area contributed by atoms with Gasteiger partial charge in [-0.1, -0.05) is 18.3 Å². The predicted molar refractivity (Wildman–Crippen MR) is 63.0 cm³/mol. The van der Waals surface area contributed by atoms with Crippen LogP contribution in [0.4, 0.5) is 5.82 Å². The molecule has 0 amide bonds. The maximum absolute atomic E-state index is 9.42. The highest BCUT2D eigenvalue weighted by Gasteiger charge is 2.21. The van der Waals surface area contributed by atoms with E-state index in [0.717, 1.165) is 18.8 Å². The van der Waals surface area contributed by atoms with E-state index < -0.39 is 0 Å². The van der Waals surface area contributed by atoms with E-state index in [1.165, 1.54) is 0 Å². The number of β-amino-alcohol motifs (C(OH)–C–C–N with tert-alkyl or cyclic N) is 1. The summed E-state index contributed by atoms with van der Waals surface area (Å²) in [5.41, 5.74) is 6.14. The zero-order chi connectivity index (χ0) is 10.8. The Bertz CT molecular complexity index is 383. The van der Waals surface area contributed by atoms with Crippen LogP contribution in [0, 0.1) is 0 Å². The quantitative estimate of drug-likeness (QED) is 0.705. The van der Waals surface area contributed by atoms with Gasteiger partial charge in [0.05, 0.1) is 11.8 Å². The second kappa shape index (κ2) is 4.12. The fourth-order valence-corrected chi connectivity index (χ4v) is 1.80. The first-order valence-corrected chi connectivity index (χ1v) is 5.27. The summed E-state index contributed by atoms with van der Waals surface area (Å²) >= 11 is 4.87. The summed E-state index contributed by atoms with van der Waals surface area (Å²) in [4.78, 5) is 6.67. The summed E-state index contributed by atoms with van der Waals surface area (Å²) in [6.45, 7) is 1.46. The van der Waals surface area contributed by atoms with Gasteiger partial charge in [0.15, 0.2) is 0 Å². The summed E-state index contributed by atoms with van der Waals surface area (Å²) < 4.78 is 0. The number of thiocarbonyl (C=S) groups is 1. The van der Waals surface area contributed by atoms with Gasteiger partial charge in [-0.2, -0.15) is 0 Å². The van der Waals surface area contributed by atoms with Gasteiger partial charge in [0, 0.05) is 13.1 Å². The lowest BCUT2D eigenvalue weighted by atomic mass is 10.3. The molecule has 1 aromatic heterocycles. The molecule has 0 saturated carbocycles. The van der Waals surface area contributed by atoms with Crippen LogP contribution >= 0.6 is 12.2 Å². The van der Waals surface area contributed by atoms with Crippen molar-refractivity contribution >= 4 is 23.0 Å². The molecule has 80 valence electrons. The highest BCUT2D eigenvalue weighted by molar-refractivity contribution is 7.80. The van der Waals surface area contributed by atoms with Crippen molar-refractivity contribution < 1.29 is 5.11 Å². The Kier molecular flexibility index (Phi) is 2.83. The third kappa shape index (κ3) is 2.24. The lowest BCUT2D eigenvalue weighted by molar-refractivity contribution is 0.198. The smallest absolute Gasteiger partial charge is 0.129 e. The second-order valence-corrected chi connectivity index (χ2v) is 4.07. The molecule has 1 unspecified atom stereocenters. The molecule has 0 aromatic carbocycles. The molecule has 15 heavy (non-hydrogen) atoms. The van der Waals surface area contributed by atoms with Crippen molar-refractivity contribution in [2.24, 2.45) is 5.73 Å². The molecule has 0 spiro atoms. The van der Waals surface area contributed by atoms with E-state index in [1.54, 1.807) is 6.07 Å². The van der Waals surface area contributed by atoms with Crippen molar-refractivity contribution in [1.29, 1.82) is 0 Å². The van der Waals surface area contributed by atoms with Crippen LogP contribution in [0.3, 0.4) is 0 Å². The Morgan fingerprint density at radius 1 is 1.60 bits per heavy atom. The van der Waals surface area contributed by atoms with Gasteiger partial charge in [0.25, 0.3) is 0 Å². The third-order valence-electron chi connectivity index (χ3n) is 2.47. The molecule has 1 aliphatic heterocycles. The van der Waals surface area contributed by atoms with Gasteiger partial charge in [-0.05, 0) is 18.6 Å². The van der Waals surface area contributed by atoms with Crippen molar-refractivity contribution in [2.75, 3.05) is 18.0 Å². The first-order chi connectivity index (χ1) is 7.16. The van der Waals surface area contributed by atoms with Crippen LogP contribution in [0.2, 0.25) is 0 Å². The molecule has 0 bridgehead atoms. The van der Waals surface area contributed by atoms with E-state index >= 15 is 0 Å². The number of hydrogen-bond donors (Lipinski definition) is 2. The van der Waals surface area contributed by atoms with Crippen LogP contribution in [0.25, 0.3) is 0 Å². The first kappa shape index (κ1) is 10.3. The largest absolute Gasteiger partial charge is 0.391 e. The molecule has 1 fully saturated rings. The lowest BCUT2D eigenvalue weighted by Gasteiger charge is -2.16. The zero-order valence-electron chi connectivity index (χ0n) is 8.26. The number of aliphatic hydroxyl groups excluding tert-OH is 1. The third-order valence-corrected chi connectivity index (χ3v) is 2.68. The molecule has 0 radical (unpaired) electrons. The summed E-state index contributed by atoms with van der Waals surface area (Å²) in [5, 5.41) is 9.42. The summed E-state index contributed by atoms with van der Waals surface area (Å²) in [7, 11) is 0. The normalized spacial score (nSPS) is 20.6. The van der Waals surface area contributed by atoms with Crippen LogP contribution in [-0.2, 0) is 0 Å². The monoisotopic (exact) mass is 223 g/mol. The van der Waals surface area contributed by atoms with Gasteiger partial charge >= 0.3 is 0 Å². The number of rotatable bonds is 2. The molecule has 3 N–H and O–H groups in total. The van der Waals surface area contributed by atoms with Crippen LogP contribution in [0.5, 0.6) is 0 Å². The lowest BCUT2D eigenvalue weighted by Crippen LogP contribution is -2.23. The minimum Gasteiger partial charge on any atom is -0.391 e. The van der Waals surface area contributed by atoms with Gasteiger partial charge in [0.2, 0.25) is 0 Å².